The highest BCUT2D eigenvalue weighted by atomic mass is 35.5. The van der Waals surface area contributed by atoms with Gasteiger partial charge in [-0.15, -0.1) is 0 Å². The standard InChI is InChI=1S/C20H20ClNO3/c1-14-5-3-4-6-18(14)15(2)22-19(23)13-25-20(24)12-9-16-7-10-17(21)11-8-16/h3-12,15H,13H2,1-2H3,(H,22,23)/b12-9+. The predicted octanol–water partition coefficient (Wildman–Crippen LogP) is 4.08. The van der Waals surface area contributed by atoms with Gasteiger partial charge in [-0.05, 0) is 48.7 Å². The number of aryl methyl sites for hydroxylation is 1. The average molecular weight is 358 g/mol. The number of carbonyl (C=O) groups excluding carboxylic acids is 2. The molecule has 25 heavy (non-hydrogen) atoms. The van der Waals surface area contributed by atoms with Crippen molar-refractivity contribution in [3.05, 3.63) is 76.3 Å². The van der Waals surface area contributed by atoms with Crippen LogP contribution in [0.4, 0.5) is 0 Å². The molecule has 0 radical (unpaired) electrons. The minimum atomic E-state index is -0.575. The van der Waals surface area contributed by atoms with E-state index in [2.05, 4.69) is 5.32 Å². The molecule has 0 aromatic heterocycles. The maximum Gasteiger partial charge on any atom is 0.331 e. The first-order chi connectivity index (χ1) is 12.0. The zero-order valence-electron chi connectivity index (χ0n) is 14.2. The number of hydrogen-bond donors (Lipinski definition) is 1. The van der Waals surface area contributed by atoms with Gasteiger partial charge in [-0.25, -0.2) is 4.79 Å². The maximum atomic E-state index is 11.9. The fraction of sp³-hybridized carbons (Fsp3) is 0.200. The number of nitrogens with one attached hydrogen (secondary N) is 1. The number of rotatable bonds is 6. The number of carbonyl (C=O) groups is 2. The summed E-state index contributed by atoms with van der Waals surface area (Å²) >= 11 is 5.79. The molecular formula is C20H20ClNO3. The van der Waals surface area contributed by atoms with Gasteiger partial charge < -0.3 is 10.1 Å². The van der Waals surface area contributed by atoms with Crippen LogP contribution in [0.3, 0.4) is 0 Å². The van der Waals surface area contributed by atoms with E-state index in [0.717, 1.165) is 16.7 Å². The summed E-state index contributed by atoms with van der Waals surface area (Å²) in [4.78, 5) is 23.6. The largest absolute Gasteiger partial charge is 0.452 e. The third-order valence-electron chi connectivity index (χ3n) is 3.66. The monoisotopic (exact) mass is 357 g/mol. The second kappa shape index (κ2) is 9.04. The number of hydrogen-bond acceptors (Lipinski definition) is 3. The summed E-state index contributed by atoms with van der Waals surface area (Å²) in [5.41, 5.74) is 2.95. The second-order valence-electron chi connectivity index (χ2n) is 5.64. The van der Waals surface area contributed by atoms with Crippen LogP contribution in [0, 0.1) is 6.92 Å². The SMILES string of the molecule is Cc1ccccc1C(C)NC(=O)COC(=O)/C=C/c1ccc(Cl)cc1. The van der Waals surface area contributed by atoms with Crippen molar-refractivity contribution < 1.29 is 14.3 Å². The summed E-state index contributed by atoms with van der Waals surface area (Å²) in [7, 11) is 0. The van der Waals surface area contributed by atoms with Crippen LogP contribution in [0.2, 0.25) is 5.02 Å². The van der Waals surface area contributed by atoms with Crippen molar-refractivity contribution in [3.63, 3.8) is 0 Å². The Bertz CT molecular complexity index is 769. The van der Waals surface area contributed by atoms with E-state index in [9.17, 15) is 9.59 Å². The van der Waals surface area contributed by atoms with Crippen LogP contribution in [0.25, 0.3) is 6.08 Å². The van der Waals surface area contributed by atoms with Crippen molar-refractivity contribution in [3.8, 4) is 0 Å². The highest BCUT2D eigenvalue weighted by molar-refractivity contribution is 6.30. The van der Waals surface area contributed by atoms with Crippen LogP contribution >= 0.6 is 11.6 Å². The lowest BCUT2D eigenvalue weighted by Crippen LogP contribution is -2.31. The Labute approximate surface area is 152 Å². The molecule has 1 unspecified atom stereocenters. The molecule has 0 aliphatic carbocycles. The van der Waals surface area contributed by atoms with E-state index < -0.39 is 5.97 Å². The van der Waals surface area contributed by atoms with Crippen molar-refractivity contribution in [2.24, 2.45) is 0 Å². The van der Waals surface area contributed by atoms with E-state index in [-0.39, 0.29) is 18.6 Å². The summed E-state index contributed by atoms with van der Waals surface area (Å²) in [5.74, 6) is -0.919. The van der Waals surface area contributed by atoms with Crippen LogP contribution in [0.1, 0.15) is 29.7 Å². The fourth-order valence-electron chi connectivity index (χ4n) is 2.36. The Hall–Kier alpha value is -2.59. The van der Waals surface area contributed by atoms with Gasteiger partial charge in [0.25, 0.3) is 5.91 Å². The van der Waals surface area contributed by atoms with Gasteiger partial charge in [0.15, 0.2) is 6.61 Å². The molecule has 4 nitrogen and oxygen atoms in total. The first-order valence-electron chi connectivity index (χ1n) is 7.91. The molecule has 5 heteroatoms. The molecule has 0 saturated heterocycles. The highest BCUT2D eigenvalue weighted by Gasteiger charge is 2.12. The molecule has 1 amide bonds. The molecule has 0 aliphatic heterocycles. The Morgan fingerprint density at radius 1 is 1.16 bits per heavy atom. The van der Waals surface area contributed by atoms with Crippen LogP contribution < -0.4 is 5.32 Å². The Morgan fingerprint density at radius 3 is 2.52 bits per heavy atom. The van der Waals surface area contributed by atoms with Crippen molar-refractivity contribution in [1.29, 1.82) is 0 Å². The Morgan fingerprint density at radius 2 is 1.84 bits per heavy atom. The minimum Gasteiger partial charge on any atom is -0.452 e. The lowest BCUT2D eigenvalue weighted by atomic mass is 10.0. The lowest BCUT2D eigenvalue weighted by Gasteiger charge is -2.16. The molecule has 0 spiro atoms. The van der Waals surface area contributed by atoms with Gasteiger partial charge in [-0.1, -0.05) is 48.0 Å². The molecule has 0 fully saturated rings. The lowest BCUT2D eigenvalue weighted by molar-refractivity contribution is -0.144. The molecule has 2 aromatic carbocycles. The van der Waals surface area contributed by atoms with Crippen LogP contribution in [-0.4, -0.2) is 18.5 Å². The smallest absolute Gasteiger partial charge is 0.331 e. The van der Waals surface area contributed by atoms with Gasteiger partial charge in [-0.3, -0.25) is 4.79 Å². The summed E-state index contributed by atoms with van der Waals surface area (Å²) in [5, 5.41) is 3.44. The number of halogens is 1. The predicted molar refractivity (Wildman–Crippen MR) is 99.2 cm³/mol. The molecule has 1 N–H and O–H groups in total. The molecule has 0 saturated carbocycles. The van der Waals surface area contributed by atoms with Crippen molar-refractivity contribution in [2.75, 3.05) is 6.61 Å². The minimum absolute atomic E-state index is 0.156. The maximum absolute atomic E-state index is 11.9. The third kappa shape index (κ3) is 6.08. The normalized spacial score (nSPS) is 12.0. The molecule has 0 bridgehead atoms. The van der Waals surface area contributed by atoms with Crippen molar-refractivity contribution >= 4 is 29.6 Å². The van der Waals surface area contributed by atoms with Gasteiger partial charge in [0.2, 0.25) is 0 Å². The molecule has 0 heterocycles. The van der Waals surface area contributed by atoms with Gasteiger partial charge >= 0.3 is 5.97 Å². The summed E-state index contributed by atoms with van der Waals surface area (Å²) in [6, 6.07) is 14.7. The summed E-state index contributed by atoms with van der Waals surface area (Å²) in [6.45, 7) is 3.56. The number of ether oxygens (including phenoxy) is 1. The Kier molecular flexibility index (Phi) is 6.78. The fourth-order valence-corrected chi connectivity index (χ4v) is 2.48. The first-order valence-corrected chi connectivity index (χ1v) is 8.29. The summed E-state index contributed by atoms with van der Waals surface area (Å²) in [6.07, 6.45) is 2.88. The summed E-state index contributed by atoms with van der Waals surface area (Å²) < 4.78 is 4.95. The van der Waals surface area contributed by atoms with Crippen LogP contribution in [-0.2, 0) is 14.3 Å². The zero-order chi connectivity index (χ0) is 18.2. The molecule has 2 rings (SSSR count). The van der Waals surface area contributed by atoms with E-state index in [1.807, 2.05) is 38.1 Å². The molecule has 2 aromatic rings. The third-order valence-corrected chi connectivity index (χ3v) is 3.91. The topological polar surface area (TPSA) is 55.4 Å². The van der Waals surface area contributed by atoms with E-state index in [0.29, 0.717) is 5.02 Å². The van der Waals surface area contributed by atoms with Crippen molar-refractivity contribution in [2.45, 2.75) is 19.9 Å². The molecule has 1 atom stereocenters. The molecule has 0 aliphatic rings. The van der Waals surface area contributed by atoms with Gasteiger partial charge in [0.05, 0.1) is 6.04 Å². The van der Waals surface area contributed by atoms with E-state index in [4.69, 9.17) is 16.3 Å². The number of benzene rings is 2. The average Bonchev–Trinajstić information content (AvgIpc) is 2.59. The number of amides is 1. The molecular weight excluding hydrogens is 338 g/mol. The van der Waals surface area contributed by atoms with Gasteiger partial charge in [0.1, 0.15) is 0 Å². The first kappa shape index (κ1) is 18.7. The molecule has 130 valence electrons. The quantitative estimate of drug-likeness (QED) is 0.626. The second-order valence-corrected chi connectivity index (χ2v) is 6.07. The van der Waals surface area contributed by atoms with Crippen LogP contribution in [0.5, 0.6) is 0 Å². The van der Waals surface area contributed by atoms with Gasteiger partial charge in [-0.2, -0.15) is 0 Å². The zero-order valence-corrected chi connectivity index (χ0v) is 14.9. The van der Waals surface area contributed by atoms with Gasteiger partial charge in [0, 0.05) is 11.1 Å². The van der Waals surface area contributed by atoms with Crippen molar-refractivity contribution in [1.82, 2.24) is 5.32 Å². The van der Waals surface area contributed by atoms with E-state index in [1.54, 1.807) is 30.3 Å². The van der Waals surface area contributed by atoms with E-state index >= 15 is 0 Å². The number of esters is 1. The van der Waals surface area contributed by atoms with Crippen LogP contribution in [0.15, 0.2) is 54.6 Å². The highest BCUT2D eigenvalue weighted by Crippen LogP contribution is 2.16. The van der Waals surface area contributed by atoms with E-state index in [1.165, 1.54) is 6.08 Å². The Balaban J connectivity index is 1.80.